The topological polar surface area (TPSA) is 55.6 Å². The Balaban J connectivity index is 1.32. The molecule has 0 saturated heterocycles. The highest BCUT2D eigenvalue weighted by Crippen LogP contribution is 2.60. The summed E-state index contributed by atoms with van der Waals surface area (Å²) in [7, 11) is 1.65. The number of nitrogens with zero attached hydrogens (tertiary/aromatic N) is 2. The highest BCUT2D eigenvalue weighted by atomic mass is 16.5. The first-order valence-electron chi connectivity index (χ1n) is 11.1. The molecule has 154 valence electrons. The van der Waals surface area contributed by atoms with Gasteiger partial charge in [0.05, 0.1) is 23.9 Å². The van der Waals surface area contributed by atoms with Crippen LogP contribution in [0.3, 0.4) is 0 Å². The number of pyridine rings is 1. The molecule has 4 aliphatic carbocycles. The third-order valence-electron chi connectivity index (χ3n) is 7.63. The minimum Gasteiger partial charge on any atom is -0.495 e. The summed E-state index contributed by atoms with van der Waals surface area (Å²) in [5.74, 6) is 3.11. The normalized spacial score (nSPS) is 29.3. The fourth-order valence-corrected chi connectivity index (χ4v) is 6.68. The van der Waals surface area contributed by atoms with Gasteiger partial charge in [-0.05, 0) is 86.6 Å². The number of fused-ring (bicyclic) bond motifs is 1. The number of hydrogen-bond donors (Lipinski definition) is 1. The van der Waals surface area contributed by atoms with E-state index < -0.39 is 0 Å². The first-order valence-corrected chi connectivity index (χ1v) is 11.1. The average Bonchev–Trinajstić information content (AvgIpc) is 3.17. The van der Waals surface area contributed by atoms with Crippen LogP contribution >= 0.6 is 0 Å². The van der Waals surface area contributed by atoms with Gasteiger partial charge >= 0.3 is 0 Å². The fraction of sp³-hybridized carbons (Fsp3) is 0.440. The number of nitrogens with one attached hydrogen (secondary N) is 1. The molecule has 0 aliphatic heterocycles. The SMILES string of the molecule is COc1ccc(-c2cn3ccccc3n2)cc1NC(=O)C12CC3CC(CC(C3)C1)C2. The van der Waals surface area contributed by atoms with Gasteiger partial charge in [-0.1, -0.05) is 6.07 Å². The van der Waals surface area contributed by atoms with Crippen LogP contribution in [0.5, 0.6) is 5.75 Å². The van der Waals surface area contributed by atoms with Gasteiger partial charge in [0, 0.05) is 18.0 Å². The van der Waals surface area contributed by atoms with E-state index in [0.717, 1.165) is 59.6 Å². The molecule has 4 bridgehead atoms. The van der Waals surface area contributed by atoms with E-state index in [1.807, 2.05) is 53.2 Å². The van der Waals surface area contributed by atoms with E-state index in [-0.39, 0.29) is 11.3 Å². The largest absolute Gasteiger partial charge is 0.495 e. The van der Waals surface area contributed by atoms with Crippen molar-refractivity contribution in [3.63, 3.8) is 0 Å². The van der Waals surface area contributed by atoms with Crippen molar-refractivity contribution in [2.24, 2.45) is 23.2 Å². The number of rotatable bonds is 4. The summed E-state index contributed by atoms with van der Waals surface area (Å²) in [5.41, 5.74) is 3.32. The number of imidazole rings is 1. The van der Waals surface area contributed by atoms with E-state index in [1.54, 1.807) is 7.11 Å². The maximum atomic E-state index is 13.5. The molecule has 4 aliphatic rings. The zero-order valence-electron chi connectivity index (χ0n) is 17.3. The maximum absolute atomic E-state index is 13.5. The molecule has 1 N–H and O–H groups in total. The molecule has 0 unspecified atom stereocenters. The van der Waals surface area contributed by atoms with Gasteiger partial charge in [-0.15, -0.1) is 0 Å². The highest BCUT2D eigenvalue weighted by molar-refractivity contribution is 5.97. The second-order valence-corrected chi connectivity index (χ2v) is 9.66. The van der Waals surface area contributed by atoms with Crippen LogP contribution < -0.4 is 10.1 Å². The van der Waals surface area contributed by atoms with Crippen LogP contribution in [0, 0.1) is 23.2 Å². The van der Waals surface area contributed by atoms with Crippen LogP contribution in [0.15, 0.2) is 48.8 Å². The van der Waals surface area contributed by atoms with E-state index in [2.05, 4.69) is 5.32 Å². The first kappa shape index (κ1) is 18.0. The van der Waals surface area contributed by atoms with Gasteiger partial charge in [0.2, 0.25) is 5.91 Å². The van der Waals surface area contributed by atoms with Crippen LogP contribution in [0.4, 0.5) is 5.69 Å². The number of ether oxygens (including phenoxy) is 1. The monoisotopic (exact) mass is 401 g/mol. The lowest BCUT2D eigenvalue weighted by Crippen LogP contribution is -2.51. The number of carbonyl (C=O) groups excluding carboxylic acids is 1. The van der Waals surface area contributed by atoms with Crippen molar-refractivity contribution >= 4 is 17.2 Å². The molecule has 1 aromatic carbocycles. The molecular formula is C25H27N3O2. The number of anilines is 1. The van der Waals surface area contributed by atoms with Crippen LogP contribution in [0.1, 0.15) is 38.5 Å². The lowest BCUT2D eigenvalue weighted by molar-refractivity contribution is -0.140. The van der Waals surface area contributed by atoms with Crippen LogP contribution in [-0.2, 0) is 4.79 Å². The van der Waals surface area contributed by atoms with Crippen molar-refractivity contribution in [3.8, 4) is 17.0 Å². The number of aromatic nitrogens is 2. The summed E-state index contributed by atoms with van der Waals surface area (Å²) >= 11 is 0. The number of carbonyl (C=O) groups is 1. The summed E-state index contributed by atoms with van der Waals surface area (Å²) in [6, 6.07) is 11.9. The fourth-order valence-electron chi connectivity index (χ4n) is 6.68. The highest BCUT2D eigenvalue weighted by Gasteiger charge is 2.54. The maximum Gasteiger partial charge on any atom is 0.230 e. The predicted molar refractivity (Wildman–Crippen MR) is 116 cm³/mol. The standard InChI is InChI=1S/C25H27N3O2/c1-30-22-6-5-19(21-15-28-7-3-2-4-23(28)26-21)11-20(22)27-24(29)25-12-16-8-17(13-25)10-18(9-16)14-25/h2-7,11,15-18H,8-10,12-14H2,1H3,(H,27,29). The Hall–Kier alpha value is -2.82. The molecule has 7 rings (SSSR count). The molecule has 4 fully saturated rings. The van der Waals surface area contributed by atoms with E-state index >= 15 is 0 Å². The molecule has 1 amide bonds. The van der Waals surface area contributed by atoms with Crippen LogP contribution in [0.2, 0.25) is 0 Å². The van der Waals surface area contributed by atoms with Crippen LogP contribution in [-0.4, -0.2) is 22.4 Å². The van der Waals surface area contributed by atoms with Crippen molar-refractivity contribution in [1.29, 1.82) is 0 Å². The molecule has 0 spiro atoms. The lowest BCUT2D eigenvalue weighted by Gasteiger charge is -2.55. The van der Waals surface area contributed by atoms with Gasteiger partial charge in [0.25, 0.3) is 0 Å². The number of hydrogen-bond acceptors (Lipinski definition) is 3. The molecule has 5 nitrogen and oxygen atoms in total. The zero-order chi connectivity index (χ0) is 20.3. The van der Waals surface area contributed by atoms with Crippen molar-refractivity contribution < 1.29 is 9.53 Å². The third-order valence-corrected chi connectivity index (χ3v) is 7.63. The van der Waals surface area contributed by atoms with E-state index in [4.69, 9.17) is 9.72 Å². The van der Waals surface area contributed by atoms with Gasteiger partial charge in [-0.25, -0.2) is 4.98 Å². The molecule has 30 heavy (non-hydrogen) atoms. The molecule has 3 aromatic rings. The summed E-state index contributed by atoms with van der Waals surface area (Å²) < 4.78 is 7.58. The second-order valence-electron chi connectivity index (χ2n) is 9.66. The van der Waals surface area contributed by atoms with Gasteiger partial charge < -0.3 is 14.5 Å². The molecule has 2 aromatic heterocycles. The molecule has 2 heterocycles. The Labute approximate surface area is 176 Å². The van der Waals surface area contributed by atoms with Gasteiger partial charge in [0.1, 0.15) is 11.4 Å². The van der Waals surface area contributed by atoms with E-state index in [1.165, 1.54) is 19.3 Å². The Bertz CT molecular complexity index is 1060. The van der Waals surface area contributed by atoms with Gasteiger partial charge in [0.15, 0.2) is 0 Å². The quantitative estimate of drug-likeness (QED) is 0.657. The molecule has 0 atom stereocenters. The number of amides is 1. The number of methoxy groups -OCH3 is 1. The van der Waals surface area contributed by atoms with Gasteiger partial charge in [-0.3, -0.25) is 4.79 Å². The van der Waals surface area contributed by atoms with Crippen LogP contribution in [0.25, 0.3) is 16.9 Å². The second kappa shape index (κ2) is 6.59. The Morgan fingerprint density at radius 1 is 1.10 bits per heavy atom. The van der Waals surface area contributed by atoms with Crippen molar-refractivity contribution in [3.05, 3.63) is 48.8 Å². The minimum absolute atomic E-state index is 0.182. The smallest absolute Gasteiger partial charge is 0.230 e. The molecule has 4 saturated carbocycles. The zero-order valence-corrected chi connectivity index (χ0v) is 17.3. The Morgan fingerprint density at radius 2 is 1.83 bits per heavy atom. The molecule has 0 radical (unpaired) electrons. The Kier molecular flexibility index (Phi) is 3.95. The average molecular weight is 402 g/mol. The summed E-state index contributed by atoms with van der Waals surface area (Å²) in [6.45, 7) is 0. The lowest BCUT2D eigenvalue weighted by atomic mass is 9.49. The molecular weight excluding hydrogens is 374 g/mol. The first-order chi connectivity index (χ1) is 14.6. The third kappa shape index (κ3) is 2.83. The minimum atomic E-state index is -0.182. The van der Waals surface area contributed by atoms with E-state index in [0.29, 0.717) is 5.75 Å². The van der Waals surface area contributed by atoms with Crippen molar-refractivity contribution in [2.45, 2.75) is 38.5 Å². The van der Waals surface area contributed by atoms with Crippen molar-refractivity contribution in [1.82, 2.24) is 9.38 Å². The number of benzene rings is 1. The summed E-state index contributed by atoms with van der Waals surface area (Å²) in [5, 5.41) is 3.26. The van der Waals surface area contributed by atoms with Crippen molar-refractivity contribution in [2.75, 3.05) is 12.4 Å². The Morgan fingerprint density at radius 3 is 2.50 bits per heavy atom. The molecule has 5 heteroatoms. The van der Waals surface area contributed by atoms with E-state index in [9.17, 15) is 4.79 Å². The predicted octanol–water partition coefficient (Wildman–Crippen LogP) is 5.16. The summed E-state index contributed by atoms with van der Waals surface area (Å²) in [4.78, 5) is 18.3. The summed E-state index contributed by atoms with van der Waals surface area (Å²) in [6.07, 6.45) is 11.2. The van der Waals surface area contributed by atoms with Gasteiger partial charge in [-0.2, -0.15) is 0 Å².